The fourth-order valence-electron chi connectivity index (χ4n) is 3.23. The molecule has 10 heteroatoms. The molecule has 0 N–H and O–H groups in total. The maximum atomic E-state index is 14.4. The van der Waals surface area contributed by atoms with Gasteiger partial charge in [0.15, 0.2) is 0 Å². The van der Waals surface area contributed by atoms with Crippen LogP contribution in [0.25, 0.3) is 0 Å². The molecule has 1 aliphatic heterocycles. The molecule has 156 valence electrons. The van der Waals surface area contributed by atoms with Crippen LogP contribution in [0, 0.1) is 11.7 Å². The molecule has 1 aromatic carbocycles. The van der Waals surface area contributed by atoms with E-state index in [0.29, 0.717) is 25.9 Å². The van der Waals surface area contributed by atoms with Crippen molar-refractivity contribution in [1.29, 1.82) is 0 Å². The molecule has 1 aliphatic rings. The van der Waals surface area contributed by atoms with Gasteiger partial charge in [-0.25, -0.2) is 12.8 Å². The number of hydrogen-bond acceptors (Lipinski definition) is 6. The van der Waals surface area contributed by atoms with Gasteiger partial charge in [0.05, 0.1) is 18.7 Å². The van der Waals surface area contributed by atoms with Gasteiger partial charge in [0.1, 0.15) is 16.6 Å². The van der Waals surface area contributed by atoms with E-state index in [1.165, 1.54) is 36.3 Å². The summed E-state index contributed by atoms with van der Waals surface area (Å²) < 4.78 is 46.1. The molecule has 0 unspecified atom stereocenters. The molecule has 0 atom stereocenters. The number of esters is 1. The van der Waals surface area contributed by atoms with Crippen molar-refractivity contribution in [3.63, 3.8) is 0 Å². The van der Waals surface area contributed by atoms with Crippen LogP contribution in [0.1, 0.15) is 12.8 Å². The average molecular weight is 441 g/mol. The average Bonchev–Trinajstić information content (AvgIpc) is 3.28. The second-order valence-corrected chi connectivity index (χ2v) is 9.61. The molecule has 7 nitrogen and oxygen atoms in total. The number of piperidine rings is 1. The lowest BCUT2D eigenvalue weighted by Gasteiger charge is -2.32. The lowest BCUT2D eigenvalue weighted by Crippen LogP contribution is -2.46. The summed E-state index contributed by atoms with van der Waals surface area (Å²) in [7, 11) is -2.78. The topological polar surface area (TPSA) is 84.0 Å². The molecule has 0 bridgehead atoms. The molecule has 0 spiro atoms. The van der Waals surface area contributed by atoms with Crippen molar-refractivity contribution < 1.29 is 27.1 Å². The van der Waals surface area contributed by atoms with Crippen molar-refractivity contribution in [3.05, 3.63) is 47.6 Å². The van der Waals surface area contributed by atoms with Gasteiger partial charge in [0.25, 0.3) is 10.0 Å². The number of carbonyl (C=O) groups is 2. The van der Waals surface area contributed by atoms with Crippen LogP contribution in [0.2, 0.25) is 0 Å². The molecule has 0 radical (unpaired) electrons. The number of carbonyl (C=O) groups excluding carboxylic acids is 2. The van der Waals surface area contributed by atoms with Crippen LogP contribution in [-0.4, -0.2) is 51.9 Å². The number of amides is 1. The lowest BCUT2D eigenvalue weighted by atomic mass is 9.97. The number of ether oxygens (including phenoxy) is 1. The molecule has 1 amide bonds. The third kappa shape index (κ3) is 4.59. The second kappa shape index (κ2) is 8.91. The molecule has 29 heavy (non-hydrogen) atoms. The smallest absolute Gasteiger partial charge is 0.308 e. The number of nitrogens with zero attached hydrogens (tertiary/aromatic N) is 2. The van der Waals surface area contributed by atoms with E-state index in [1.54, 1.807) is 11.4 Å². The van der Waals surface area contributed by atoms with Gasteiger partial charge in [-0.05, 0) is 36.4 Å². The Morgan fingerprint density at radius 1 is 1.21 bits per heavy atom. The third-order valence-electron chi connectivity index (χ3n) is 4.82. The summed E-state index contributed by atoms with van der Waals surface area (Å²) in [6.07, 6.45) is 0.881. The number of hydrogen-bond donors (Lipinski definition) is 0. The highest BCUT2D eigenvalue weighted by Crippen LogP contribution is 2.29. The van der Waals surface area contributed by atoms with E-state index >= 15 is 0 Å². The van der Waals surface area contributed by atoms with Crippen LogP contribution in [0.3, 0.4) is 0 Å². The van der Waals surface area contributed by atoms with E-state index in [1.807, 2.05) is 0 Å². The van der Waals surface area contributed by atoms with E-state index < -0.39 is 28.3 Å². The highest BCUT2D eigenvalue weighted by Gasteiger charge is 2.33. The van der Waals surface area contributed by atoms with Gasteiger partial charge in [-0.1, -0.05) is 18.2 Å². The molecule has 1 saturated heterocycles. The molecular weight excluding hydrogens is 419 g/mol. The number of sulfonamides is 1. The van der Waals surface area contributed by atoms with Gasteiger partial charge >= 0.3 is 5.97 Å². The minimum absolute atomic E-state index is 0.0259. The van der Waals surface area contributed by atoms with Crippen molar-refractivity contribution in [2.45, 2.75) is 17.1 Å². The first-order valence-corrected chi connectivity index (χ1v) is 11.3. The fraction of sp³-hybridized carbons (Fsp3) is 0.368. The van der Waals surface area contributed by atoms with Gasteiger partial charge in [0, 0.05) is 13.1 Å². The molecule has 0 aliphatic carbocycles. The third-order valence-corrected chi connectivity index (χ3v) is 7.95. The standard InChI is InChI=1S/C19H21FN2O5S2/c1-27-19(24)14-8-10-21(11-9-14)17(23)13-22(16-6-3-2-5-15(16)20)29(25,26)18-7-4-12-28-18/h2-7,12,14H,8-11,13H2,1H3. The molecule has 1 fully saturated rings. The van der Waals surface area contributed by atoms with Crippen LogP contribution < -0.4 is 4.31 Å². The predicted octanol–water partition coefficient (Wildman–Crippen LogP) is 2.49. The normalized spacial score (nSPS) is 15.2. The van der Waals surface area contributed by atoms with Crippen LogP contribution in [0.5, 0.6) is 0 Å². The predicted molar refractivity (Wildman–Crippen MR) is 107 cm³/mol. The Morgan fingerprint density at radius 3 is 2.48 bits per heavy atom. The number of likely N-dealkylation sites (tertiary alicyclic amines) is 1. The summed E-state index contributed by atoms with van der Waals surface area (Å²) in [5, 5.41) is 1.60. The van der Waals surface area contributed by atoms with Crippen LogP contribution in [0.4, 0.5) is 10.1 Å². The quantitative estimate of drug-likeness (QED) is 0.645. The first-order chi connectivity index (χ1) is 13.8. The van der Waals surface area contributed by atoms with Crippen molar-refractivity contribution in [2.24, 2.45) is 5.92 Å². The molecule has 2 aromatic rings. The Balaban J connectivity index is 1.82. The maximum Gasteiger partial charge on any atom is 0.308 e. The summed E-state index contributed by atoms with van der Waals surface area (Å²) in [6, 6.07) is 8.45. The van der Waals surface area contributed by atoms with Crippen molar-refractivity contribution in [3.8, 4) is 0 Å². The first-order valence-electron chi connectivity index (χ1n) is 9.01. The molecule has 3 rings (SSSR count). The van der Waals surface area contributed by atoms with Crippen LogP contribution in [0.15, 0.2) is 46.0 Å². The van der Waals surface area contributed by atoms with Crippen molar-refractivity contribution >= 4 is 38.9 Å². The monoisotopic (exact) mass is 440 g/mol. The molecular formula is C19H21FN2O5S2. The zero-order valence-electron chi connectivity index (χ0n) is 15.8. The number of benzene rings is 1. The number of halogens is 1. The summed E-state index contributed by atoms with van der Waals surface area (Å²) in [5.74, 6) is -1.77. The maximum absolute atomic E-state index is 14.4. The van der Waals surface area contributed by atoms with E-state index in [2.05, 4.69) is 0 Å². The largest absolute Gasteiger partial charge is 0.469 e. The number of anilines is 1. The summed E-state index contributed by atoms with van der Waals surface area (Å²) in [5.41, 5.74) is -0.182. The van der Waals surface area contributed by atoms with Gasteiger partial charge in [-0.2, -0.15) is 0 Å². The van der Waals surface area contributed by atoms with Crippen LogP contribution in [-0.2, 0) is 24.3 Å². The Labute approximate surface area is 172 Å². The highest BCUT2D eigenvalue weighted by atomic mass is 32.2. The summed E-state index contributed by atoms with van der Waals surface area (Å²) in [6.45, 7) is 0.0928. The van der Waals surface area contributed by atoms with Crippen molar-refractivity contribution in [1.82, 2.24) is 4.90 Å². The molecule has 1 aromatic heterocycles. The molecule has 2 heterocycles. The van der Waals surface area contributed by atoms with Crippen LogP contribution >= 0.6 is 11.3 Å². The number of methoxy groups -OCH3 is 1. The number of rotatable bonds is 6. The minimum atomic E-state index is -4.10. The lowest BCUT2D eigenvalue weighted by molar-refractivity contribution is -0.148. The van der Waals surface area contributed by atoms with E-state index in [4.69, 9.17) is 4.74 Å². The Morgan fingerprint density at radius 2 is 1.90 bits per heavy atom. The minimum Gasteiger partial charge on any atom is -0.469 e. The van der Waals surface area contributed by atoms with Gasteiger partial charge in [0.2, 0.25) is 5.91 Å². The van der Waals surface area contributed by atoms with E-state index in [-0.39, 0.29) is 21.8 Å². The Kier molecular flexibility index (Phi) is 6.53. The zero-order chi connectivity index (χ0) is 21.0. The van der Waals surface area contributed by atoms with Crippen molar-refractivity contribution in [2.75, 3.05) is 31.0 Å². The number of para-hydroxylation sites is 1. The first kappa shape index (κ1) is 21.3. The Hall–Kier alpha value is -2.46. The SMILES string of the molecule is COC(=O)C1CCN(C(=O)CN(c2ccccc2F)S(=O)(=O)c2cccs2)CC1. The van der Waals surface area contributed by atoms with Gasteiger partial charge < -0.3 is 9.64 Å². The molecule has 0 saturated carbocycles. The van der Waals surface area contributed by atoms with E-state index in [0.717, 1.165) is 21.7 Å². The fourth-order valence-corrected chi connectivity index (χ4v) is 5.75. The second-order valence-electron chi connectivity index (χ2n) is 6.57. The van der Waals surface area contributed by atoms with E-state index in [9.17, 15) is 22.4 Å². The zero-order valence-corrected chi connectivity index (χ0v) is 17.4. The summed E-state index contributed by atoms with van der Waals surface area (Å²) >= 11 is 0.999. The van der Waals surface area contributed by atoms with Gasteiger partial charge in [-0.3, -0.25) is 13.9 Å². The number of thiophene rings is 1. The summed E-state index contributed by atoms with van der Waals surface area (Å²) in [4.78, 5) is 26.0. The van der Waals surface area contributed by atoms with Gasteiger partial charge in [-0.15, -0.1) is 11.3 Å². The Bertz CT molecular complexity index is 970. The highest BCUT2D eigenvalue weighted by molar-refractivity contribution is 7.94.